The molecule has 1 nitrogen and oxygen atoms in total. The highest BCUT2D eigenvalue weighted by Crippen LogP contribution is 2.26. The topological polar surface area (TPSA) is 9.23 Å². The summed E-state index contributed by atoms with van der Waals surface area (Å²) in [5, 5.41) is 0.231. The van der Waals surface area contributed by atoms with Gasteiger partial charge in [-0.2, -0.15) is 0 Å². The molecule has 0 unspecified atom stereocenters. The van der Waals surface area contributed by atoms with Gasteiger partial charge in [-0.3, -0.25) is 0 Å². The Bertz CT molecular complexity index is 217. The van der Waals surface area contributed by atoms with E-state index in [4.69, 9.17) is 11.6 Å². The fraction of sp³-hybridized carbons (Fsp3) is 0. The van der Waals surface area contributed by atoms with Crippen molar-refractivity contribution in [3.63, 3.8) is 0 Å². The maximum atomic E-state index is 12.6. The third-order valence-corrected chi connectivity index (χ3v) is 1.36. The predicted octanol–water partition coefficient (Wildman–Crippen LogP) is 2.65. The smallest absolute Gasteiger partial charge is 0.173 e. The van der Waals surface area contributed by atoms with Crippen LogP contribution in [0.5, 0.6) is 5.75 Å². The summed E-state index contributed by atoms with van der Waals surface area (Å²) in [6.07, 6.45) is 0. The molecule has 1 rings (SSSR count). The van der Waals surface area contributed by atoms with E-state index in [1.54, 1.807) is 0 Å². The average Bonchev–Trinajstić information content (AvgIpc) is 1.88. The van der Waals surface area contributed by atoms with Crippen LogP contribution in [0.25, 0.3) is 0 Å². The molecule has 0 aliphatic rings. The predicted molar refractivity (Wildman–Crippen MR) is 37.4 cm³/mol. The van der Waals surface area contributed by atoms with Crippen molar-refractivity contribution >= 4 is 11.6 Å². The van der Waals surface area contributed by atoms with Crippen LogP contribution in [-0.2, 0) is 0 Å². The summed E-state index contributed by atoms with van der Waals surface area (Å²) in [5.74, 6) is -0.508. The van der Waals surface area contributed by atoms with Gasteiger partial charge in [-0.25, -0.2) is 4.39 Å². The Hall–Kier alpha value is -0.760. The molecule has 0 N–H and O–H groups in total. The van der Waals surface area contributed by atoms with E-state index in [0.29, 0.717) is 0 Å². The second-order valence-electron chi connectivity index (χ2n) is 1.70. The van der Waals surface area contributed by atoms with Gasteiger partial charge < -0.3 is 4.74 Å². The number of benzene rings is 1. The molecule has 0 atom stereocenters. The lowest BCUT2D eigenvalue weighted by atomic mass is 10.3. The molecular weight excluding hydrogens is 155 g/mol. The molecule has 0 aliphatic heterocycles. The van der Waals surface area contributed by atoms with E-state index in [0.717, 1.165) is 0 Å². The molecule has 3 heteroatoms. The summed E-state index contributed by atoms with van der Waals surface area (Å²) < 4.78 is 17.0. The molecule has 0 fully saturated rings. The second-order valence-corrected chi connectivity index (χ2v) is 2.10. The summed E-state index contributed by atoms with van der Waals surface area (Å²) in [6.45, 7) is 0. The van der Waals surface area contributed by atoms with E-state index in [2.05, 4.69) is 11.8 Å². The lowest BCUT2D eigenvalue weighted by Gasteiger charge is -2.01. The normalized spacial score (nSPS) is 9.50. The van der Waals surface area contributed by atoms with Gasteiger partial charge in [0.2, 0.25) is 0 Å². The molecule has 0 bridgehead atoms. The molecule has 0 spiro atoms. The van der Waals surface area contributed by atoms with Crippen LogP contribution in [0.3, 0.4) is 0 Å². The largest absolute Gasteiger partial charge is 0.485 e. The van der Waals surface area contributed by atoms with Gasteiger partial charge in [-0.15, -0.1) is 0 Å². The molecule has 1 aromatic carbocycles. The van der Waals surface area contributed by atoms with Crippen LogP contribution in [0.4, 0.5) is 4.39 Å². The van der Waals surface area contributed by atoms with Crippen LogP contribution >= 0.6 is 11.6 Å². The Balaban J connectivity index is 3.17. The molecule has 0 heterocycles. The first-order valence-corrected chi connectivity index (χ1v) is 2.99. The number of hydrogen-bond donors (Lipinski definition) is 0. The minimum atomic E-state index is -0.498. The van der Waals surface area contributed by atoms with Crippen LogP contribution in [0, 0.1) is 12.9 Å². The van der Waals surface area contributed by atoms with Crippen molar-refractivity contribution in [2.75, 3.05) is 0 Å². The number of rotatable bonds is 1. The van der Waals surface area contributed by atoms with Crippen LogP contribution in [0.2, 0.25) is 5.02 Å². The molecule has 0 aromatic heterocycles. The van der Waals surface area contributed by atoms with E-state index < -0.39 is 5.82 Å². The first-order chi connectivity index (χ1) is 4.75. The summed E-state index contributed by atoms with van der Waals surface area (Å²) in [4.78, 5) is 0. The van der Waals surface area contributed by atoms with Crippen molar-refractivity contribution in [3.8, 4) is 5.75 Å². The Labute approximate surface area is 63.4 Å². The van der Waals surface area contributed by atoms with Crippen molar-refractivity contribution in [3.05, 3.63) is 36.1 Å². The minimum absolute atomic E-state index is 0.0100. The number of hydrogen-bond acceptors (Lipinski definition) is 1. The van der Waals surface area contributed by atoms with Gasteiger partial charge in [-0.05, 0) is 12.1 Å². The van der Waals surface area contributed by atoms with Gasteiger partial charge in [0, 0.05) is 0 Å². The Morgan fingerprint density at radius 2 is 2.20 bits per heavy atom. The zero-order chi connectivity index (χ0) is 7.56. The van der Waals surface area contributed by atoms with E-state index in [1.165, 1.54) is 18.2 Å². The second kappa shape index (κ2) is 2.88. The van der Waals surface area contributed by atoms with E-state index >= 15 is 0 Å². The molecule has 0 aliphatic carbocycles. The summed E-state index contributed by atoms with van der Waals surface area (Å²) in [7, 11) is 3.05. The maximum Gasteiger partial charge on any atom is 0.173 e. The zero-order valence-corrected chi connectivity index (χ0v) is 5.86. The molecule has 0 amide bonds. The summed E-state index contributed by atoms with van der Waals surface area (Å²) in [5.41, 5.74) is 0. The Morgan fingerprint density at radius 1 is 1.50 bits per heavy atom. The third kappa shape index (κ3) is 1.21. The maximum absolute atomic E-state index is 12.6. The van der Waals surface area contributed by atoms with E-state index in [1.807, 2.05) is 0 Å². The van der Waals surface area contributed by atoms with Gasteiger partial charge in [0.25, 0.3) is 0 Å². The fourth-order valence-electron chi connectivity index (χ4n) is 0.620. The number of ether oxygens (including phenoxy) is 1. The van der Waals surface area contributed by atoms with Crippen molar-refractivity contribution in [2.24, 2.45) is 0 Å². The molecule has 1 radical (unpaired) electrons. The van der Waals surface area contributed by atoms with Crippen molar-refractivity contribution < 1.29 is 9.13 Å². The monoisotopic (exact) mass is 159 g/mol. The lowest BCUT2D eigenvalue weighted by molar-refractivity contribution is 0.434. The van der Waals surface area contributed by atoms with Crippen molar-refractivity contribution in [1.82, 2.24) is 0 Å². The Morgan fingerprint density at radius 3 is 2.60 bits per heavy atom. The molecular formula is C7H5ClFO. The fourth-order valence-corrected chi connectivity index (χ4v) is 0.838. The van der Waals surface area contributed by atoms with Gasteiger partial charge in [0.15, 0.2) is 11.6 Å². The third-order valence-electron chi connectivity index (χ3n) is 1.06. The first-order valence-electron chi connectivity index (χ1n) is 2.61. The number of halogens is 2. The van der Waals surface area contributed by atoms with Crippen LogP contribution in [0.1, 0.15) is 0 Å². The molecule has 10 heavy (non-hydrogen) atoms. The average molecular weight is 160 g/mol. The van der Waals surface area contributed by atoms with Gasteiger partial charge in [0.05, 0.1) is 5.02 Å². The van der Waals surface area contributed by atoms with Crippen molar-refractivity contribution in [1.29, 1.82) is 0 Å². The first kappa shape index (κ1) is 7.35. The van der Waals surface area contributed by atoms with Crippen LogP contribution < -0.4 is 4.74 Å². The molecule has 0 saturated heterocycles. The summed E-state index contributed by atoms with van der Waals surface area (Å²) in [6, 6.07) is 4.29. The quantitative estimate of drug-likeness (QED) is 0.612. The molecule has 0 saturated carbocycles. The highest BCUT2D eigenvalue weighted by atomic mass is 35.5. The highest BCUT2D eigenvalue weighted by molar-refractivity contribution is 6.32. The zero-order valence-electron chi connectivity index (χ0n) is 5.10. The van der Waals surface area contributed by atoms with Gasteiger partial charge in [0.1, 0.15) is 7.11 Å². The summed E-state index contributed by atoms with van der Waals surface area (Å²) >= 11 is 5.52. The number of para-hydroxylation sites is 1. The highest BCUT2D eigenvalue weighted by Gasteiger charge is 2.04. The van der Waals surface area contributed by atoms with E-state index in [-0.39, 0.29) is 10.8 Å². The van der Waals surface area contributed by atoms with Crippen LogP contribution in [0.15, 0.2) is 18.2 Å². The van der Waals surface area contributed by atoms with Crippen LogP contribution in [-0.4, -0.2) is 0 Å². The molecule has 1 aromatic rings. The van der Waals surface area contributed by atoms with Gasteiger partial charge >= 0.3 is 0 Å². The van der Waals surface area contributed by atoms with E-state index in [9.17, 15) is 4.39 Å². The van der Waals surface area contributed by atoms with Gasteiger partial charge in [-0.1, -0.05) is 17.7 Å². The standard InChI is InChI=1S/C7H5ClFO/c1-10-7-5(8)3-2-4-6(7)9/h2-4H,1H2. The lowest BCUT2D eigenvalue weighted by Crippen LogP contribution is -1.84. The molecule has 53 valence electrons. The van der Waals surface area contributed by atoms with Crippen molar-refractivity contribution in [2.45, 2.75) is 0 Å². The Kier molecular flexibility index (Phi) is 2.12. The SMILES string of the molecule is [CH2]Oc1c(F)cccc1Cl. The minimum Gasteiger partial charge on any atom is -0.485 e.